The molecule has 3 atom stereocenters. The van der Waals surface area contributed by atoms with Gasteiger partial charge in [-0.2, -0.15) is 0 Å². The van der Waals surface area contributed by atoms with E-state index in [9.17, 15) is 0 Å². The van der Waals surface area contributed by atoms with Crippen LogP contribution in [0, 0.1) is 11.8 Å². The van der Waals surface area contributed by atoms with E-state index in [1.807, 2.05) is 0 Å². The molecule has 11 rings (SSSR count). The summed E-state index contributed by atoms with van der Waals surface area (Å²) in [5, 5.41) is 0. The number of fused-ring (bicyclic) bond motifs is 5. The second-order valence-corrected chi connectivity index (χ2v) is 17.8. The molecule has 0 saturated heterocycles. The molecule has 2 nitrogen and oxygen atoms in total. The van der Waals surface area contributed by atoms with Crippen LogP contribution in [0.4, 0.5) is 34.1 Å². The number of hydrogen-bond acceptors (Lipinski definition) is 2. The van der Waals surface area contributed by atoms with E-state index < -0.39 is 0 Å². The summed E-state index contributed by atoms with van der Waals surface area (Å²) in [5.41, 5.74) is 17.7. The van der Waals surface area contributed by atoms with Crippen LogP contribution in [0.3, 0.4) is 0 Å². The molecule has 0 amide bonds. The Morgan fingerprint density at radius 3 is 1.52 bits per heavy atom. The number of benzene rings is 8. The number of nitrogens with zero attached hydrogens (tertiary/aromatic N) is 2. The molecule has 2 saturated carbocycles. The highest BCUT2D eigenvalue weighted by Crippen LogP contribution is 2.60. The zero-order valence-electron chi connectivity index (χ0n) is 34.5. The summed E-state index contributed by atoms with van der Waals surface area (Å²) < 4.78 is 0. The first-order chi connectivity index (χ1) is 29.5. The van der Waals surface area contributed by atoms with Crippen molar-refractivity contribution < 1.29 is 0 Å². The maximum atomic E-state index is 2.50. The molecule has 3 unspecified atom stereocenters. The van der Waals surface area contributed by atoms with Crippen molar-refractivity contribution in [3.8, 4) is 22.3 Å². The van der Waals surface area contributed by atoms with Crippen molar-refractivity contribution in [3.63, 3.8) is 0 Å². The van der Waals surface area contributed by atoms with Gasteiger partial charge in [-0.15, -0.1) is 0 Å². The van der Waals surface area contributed by atoms with Crippen LogP contribution in [0.15, 0.2) is 206 Å². The smallest absolute Gasteiger partial charge is 0.0540 e. The molecule has 0 N–H and O–H groups in total. The van der Waals surface area contributed by atoms with E-state index in [0.717, 1.165) is 17.3 Å². The van der Waals surface area contributed by atoms with Crippen LogP contribution in [-0.4, -0.2) is 0 Å². The number of hydrogen-bond donors (Lipinski definition) is 0. The first-order valence-electron chi connectivity index (χ1n) is 21.8. The number of anilines is 6. The normalized spacial score (nSPS) is 19.4. The average Bonchev–Trinajstić information content (AvgIpc) is 4.00. The second-order valence-electron chi connectivity index (χ2n) is 17.8. The molecule has 3 aliphatic rings. The van der Waals surface area contributed by atoms with Gasteiger partial charge in [0, 0.05) is 44.8 Å². The molecule has 8 aromatic rings. The lowest BCUT2D eigenvalue weighted by atomic mass is 9.64. The molecule has 0 heterocycles. The van der Waals surface area contributed by atoms with E-state index in [1.54, 1.807) is 0 Å². The van der Waals surface area contributed by atoms with E-state index in [0.29, 0.717) is 5.92 Å². The van der Waals surface area contributed by atoms with Gasteiger partial charge in [0.2, 0.25) is 0 Å². The quantitative estimate of drug-likeness (QED) is 0.144. The van der Waals surface area contributed by atoms with Crippen LogP contribution in [0.1, 0.15) is 61.8 Å². The van der Waals surface area contributed by atoms with E-state index >= 15 is 0 Å². The van der Waals surface area contributed by atoms with Gasteiger partial charge >= 0.3 is 0 Å². The van der Waals surface area contributed by atoms with Gasteiger partial charge in [0.25, 0.3) is 0 Å². The molecule has 292 valence electrons. The molecule has 0 aliphatic heterocycles. The van der Waals surface area contributed by atoms with Crippen molar-refractivity contribution in [2.24, 2.45) is 11.8 Å². The standard InChI is InChI=1S/C58H50N2/c1-57(2)54-24-14-12-23-52(54)53-37-36-50(39-55(53)57)60(56-25-15-13-22-51(56)42-16-6-3-7-17-42)49-34-30-44(31-35-49)58(40-41-26-27-45(58)38-41)43-28-32-48(33-29-43)59(46-18-8-4-9-19-46)47-20-10-5-11-21-47/h3-25,28-37,39,41,45H,26-27,38,40H2,1-2H3. The maximum absolute atomic E-state index is 2.50. The second kappa shape index (κ2) is 14.6. The first kappa shape index (κ1) is 36.4. The summed E-state index contributed by atoms with van der Waals surface area (Å²) in [6, 6.07) is 76.6. The third-order valence-corrected chi connectivity index (χ3v) is 14.2. The Balaban J connectivity index is 1.02. The molecular formula is C58H50N2. The summed E-state index contributed by atoms with van der Waals surface area (Å²) >= 11 is 0. The van der Waals surface area contributed by atoms with Crippen LogP contribution in [0.5, 0.6) is 0 Å². The van der Waals surface area contributed by atoms with Gasteiger partial charge in [0.15, 0.2) is 0 Å². The monoisotopic (exact) mass is 774 g/mol. The van der Waals surface area contributed by atoms with E-state index in [2.05, 4.69) is 230 Å². The summed E-state index contributed by atoms with van der Waals surface area (Å²) in [6.45, 7) is 4.75. The highest BCUT2D eigenvalue weighted by molar-refractivity contribution is 5.90. The van der Waals surface area contributed by atoms with Gasteiger partial charge in [-0.05, 0) is 137 Å². The topological polar surface area (TPSA) is 6.48 Å². The van der Waals surface area contributed by atoms with Crippen LogP contribution in [0.25, 0.3) is 22.3 Å². The fourth-order valence-electron chi connectivity index (χ4n) is 11.4. The molecule has 3 aliphatic carbocycles. The van der Waals surface area contributed by atoms with Gasteiger partial charge in [-0.3, -0.25) is 0 Å². The van der Waals surface area contributed by atoms with Crippen molar-refractivity contribution in [3.05, 3.63) is 229 Å². The fraction of sp³-hybridized carbons (Fsp3) is 0.172. The Kier molecular flexibility index (Phi) is 8.85. The predicted molar refractivity (Wildman–Crippen MR) is 251 cm³/mol. The van der Waals surface area contributed by atoms with Crippen LogP contribution < -0.4 is 9.80 Å². The SMILES string of the molecule is CC1(C)c2ccccc2-c2ccc(N(c3ccc(C4(c5ccc(N(c6ccccc6)c6ccccc6)cc5)CC5CCC4C5)cc3)c3ccccc3-c3ccccc3)cc21. The molecule has 2 bridgehead atoms. The van der Waals surface area contributed by atoms with Crippen LogP contribution in [-0.2, 0) is 10.8 Å². The zero-order chi connectivity index (χ0) is 40.3. The molecule has 60 heavy (non-hydrogen) atoms. The van der Waals surface area contributed by atoms with Crippen molar-refractivity contribution in [2.45, 2.75) is 50.4 Å². The maximum Gasteiger partial charge on any atom is 0.0540 e. The molecule has 0 radical (unpaired) electrons. The lowest BCUT2D eigenvalue weighted by molar-refractivity contribution is 0.320. The summed E-state index contributed by atoms with van der Waals surface area (Å²) in [7, 11) is 0. The van der Waals surface area contributed by atoms with Gasteiger partial charge < -0.3 is 9.80 Å². The third kappa shape index (κ3) is 5.92. The van der Waals surface area contributed by atoms with Gasteiger partial charge in [0.1, 0.15) is 0 Å². The minimum absolute atomic E-state index is 0.0134. The van der Waals surface area contributed by atoms with E-state index in [1.165, 1.54) is 92.9 Å². The van der Waals surface area contributed by atoms with Gasteiger partial charge in [-0.1, -0.05) is 160 Å². The Labute approximate surface area is 355 Å². The van der Waals surface area contributed by atoms with Crippen LogP contribution >= 0.6 is 0 Å². The predicted octanol–water partition coefficient (Wildman–Crippen LogP) is 15.7. The van der Waals surface area contributed by atoms with Crippen molar-refractivity contribution in [1.29, 1.82) is 0 Å². The lowest BCUT2D eigenvalue weighted by Gasteiger charge is -2.40. The lowest BCUT2D eigenvalue weighted by Crippen LogP contribution is -2.34. The molecule has 0 spiro atoms. The summed E-state index contributed by atoms with van der Waals surface area (Å²) in [5.74, 6) is 1.40. The fourth-order valence-corrected chi connectivity index (χ4v) is 11.4. The van der Waals surface area contributed by atoms with Crippen molar-refractivity contribution in [1.82, 2.24) is 0 Å². The average molecular weight is 775 g/mol. The summed E-state index contributed by atoms with van der Waals surface area (Å²) in [6.07, 6.45) is 5.16. The molecule has 8 aromatic carbocycles. The Bertz CT molecular complexity index is 2750. The third-order valence-electron chi connectivity index (χ3n) is 14.2. The minimum Gasteiger partial charge on any atom is -0.311 e. The Morgan fingerprint density at radius 2 is 0.917 bits per heavy atom. The Morgan fingerprint density at radius 1 is 0.417 bits per heavy atom. The van der Waals surface area contributed by atoms with E-state index in [4.69, 9.17) is 0 Å². The van der Waals surface area contributed by atoms with E-state index in [-0.39, 0.29) is 10.8 Å². The largest absolute Gasteiger partial charge is 0.311 e. The molecule has 2 fully saturated rings. The first-order valence-corrected chi connectivity index (χ1v) is 21.8. The van der Waals surface area contributed by atoms with Crippen molar-refractivity contribution >= 4 is 34.1 Å². The molecular weight excluding hydrogens is 725 g/mol. The van der Waals surface area contributed by atoms with Crippen LogP contribution in [0.2, 0.25) is 0 Å². The minimum atomic E-state index is -0.0979. The highest BCUT2D eigenvalue weighted by atomic mass is 15.1. The Hall–Kier alpha value is -6.64. The van der Waals surface area contributed by atoms with Gasteiger partial charge in [0.05, 0.1) is 5.69 Å². The molecule has 2 heteroatoms. The van der Waals surface area contributed by atoms with Crippen molar-refractivity contribution in [2.75, 3.05) is 9.80 Å². The number of rotatable bonds is 9. The summed E-state index contributed by atoms with van der Waals surface area (Å²) in [4.78, 5) is 4.86. The van der Waals surface area contributed by atoms with Gasteiger partial charge in [-0.25, -0.2) is 0 Å². The zero-order valence-corrected chi connectivity index (χ0v) is 34.5. The number of para-hydroxylation sites is 3. The molecule has 0 aromatic heterocycles. The highest BCUT2D eigenvalue weighted by Gasteiger charge is 2.52.